The molecule has 0 saturated carbocycles. The van der Waals surface area contributed by atoms with E-state index in [2.05, 4.69) is 15.2 Å². The van der Waals surface area contributed by atoms with Crippen LogP contribution in [0.2, 0.25) is 0 Å². The summed E-state index contributed by atoms with van der Waals surface area (Å²) in [5, 5.41) is 5.21. The molecule has 0 spiro atoms. The molecule has 6 nitrogen and oxygen atoms in total. The van der Waals surface area contributed by atoms with Crippen molar-refractivity contribution in [1.82, 2.24) is 9.88 Å². The average molecular weight is 398 g/mol. The Morgan fingerprint density at radius 1 is 1.07 bits per heavy atom. The van der Waals surface area contributed by atoms with E-state index in [0.717, 1.165) is 23.6 Å². The van der Waals surface area contributed by atoms with Gasteiger partial charge in [-0.05, 0) is 38.4 Å². The lowest BCUT2D eigenvalue weighted by Gasteiger charge is -2.13. The molecule has 146 valence electrons. The number of carbonyl (C=O) groups excluding carboxylic acids is 1. The zero-order chi connectivity index (χ0) is 19.8. The largest absolute Gasteiger partial charge is 0.492 e. The number of benzene rings is 2. The van der Waals surface area contributed by atoms with E-state index in [1.165, 1.54) is 11.3 Å². The van der Waals surface area contributed by atoms with Crippen LogP contribution < -0.4 is 14.8 Å². The predicted molar refractivity (Wildman–Crippen MR) is 112 cm³/mol. The van der Waals surface area contributed by atoms with Gasteiger partial charge < -0.3 is 14.4 Å². The van der Waals surface area contributed by atoms with Gasteiger partial charge in [-0.2, -0.15) is 0 Å². The van der Waals surface area contributed by atoms with Crippen LogP contribution in [0.1, 0.15) is 0 Å². The summed E-state index contributed by atoms with van der Waals surface area (Å²) in [7, 11) is 4.01. The molecule has 1 N–H and O–H groups in total. The topological polar surface area (TPSA) is 63.7 Å². The van der Waals surface area contributed by atoms with Crippen molar-refractivity contribution in [3.63, 3.8) is 0 Å². The number of amides is 1. The van der Waals surface area contributed by atoms with Gasteiger partial charge in [-0.15, -0.1) is 11.3 Å². The molecule has 2 aromatic carbocycles. The van der Waals surface area contributed by atoms with Crippen LogP contribution in [0.3, 0.4) is 0 Å². The van der Waals surface area contributed by atoms with Gasteiger partial charge in [0.1, 0.15) is 18.1 Å². The number of aromatic nitrogens is 1. The number of ether oxygens (including phenoxy) is 2. The fourth-order valence-corrected chi connectivity index (χ4v) is 3.14. The van der Waals surface area contributed by atoms with Gasteiger partial charge in [-0.1, -0.05) is 30.3 Å². The smallest absolute Gasteiger partial charge is 0.264 e. The van der Waals surface area contributed by atoms with Gasteiger partial charge in [-0.25, -0.2) is 4.98 Å². The van der Waals surface area contributed by atoms with Gasteiger partial charge in [0.2, 0.25) is 0 Å². The normalized spacial score (nSPS) is 10.7. The number of para-hydroxylation sites is 2. The lowest BCUT2D eigenvalue weighted by atomic mass is 10.1. The number of nitrogens with zero attached hydrogens (tertiary/aromatic N) is 2. The van der Waals surface area contributed by atoms with E-state index >= 15 is 0 Å². The zero-order valence-corrected chi connectivity index (χ0v) is 16.7. The van der Waals surface area contributed by atoms with Crippen molar-refractivity contribution in [1.29, 1.82) is 0 Å². The molecule has 0 aliphatic rings. The third kappa shape index (κ3) is 5.80. The van der Waals surface area contributed by atoms with E-state index in [1.54, 1.807) is 0 Å². The maximum absolute atomic E-state index is 12.1. The van der Waals surface area contributed by atoms with Gasteiger partial charge >= 0.3 is 0 Å². The Kier molecular flexibility index (Phi) is 7.00. The quantitative estimate of drug-likeness (QED) is 0.596. The second-order valence-electron chi connectivity index (χ2n) is 6.34. The average Bonchev–Trinajstić information content (AvgIpc) is 3.15. The lowest BCUT2D eigenvalue weighted by Crippen LogP contribution is -2.20. The Morgan fingerprint density at radius 2 is 1.82 bits per heavy atom. The van der Waals surface area contributed by atoms with Gasteiger partial charge in [-0.3, -0.25) is 10.1 Å². The lowest BCUT2D eigenvalue weighted by molar-refractivity contribution is -0.118. The monoisotopic (exact) mass is 397 g/mol. The van der Waals surface area contributed by atoms with Crippen LogP contribution in [-0.4, -0.2) is 49.6 Å². The van der Waals surface area contributed by atoms with Crippen LogP contribution in [0.25, 0.3) is 11.3 Å². The van der Waals surface area contributed by atoms with Gasteiger partial charge in [0.15, 0.2) is 11.7 Å². The summed E-state index contributed by atoms with van der Waals surface area (Å²) >= 11 is 1.37. The SMILES string of the molecule is CN(C)CCOc1ccccc1-c1csc(NC(=O)COc2ccccc2)n1. The fourth-order valence-electron chi connectivity index (χ4n) is 2.42. The molecule has 0 aliphatic heterocycles. The van der Waals surface area contributed by atoms with E-state index < -0.39 is 0 Å². The second-order valence-corrected chi connectivity index (χ2v) is 7.19. The molecule has 0 bridgehead atoms. The van der Waals surface area contributed by atoms with Crippen molar-refractivity contribution >= 4 is 22.4 Å². The first-order valence-electron chi connectivity index (χ1n) is 8.92. The van der Waals surface area contributed by atoms with E-state index in [4.69, 9.17) is 9.47 Å². The Morgan fingerprint density at radius 3 is 2.61 bits per heavy atom. The Balaban J connectivity index is 1.60. The molecule has 0 aliphatic carbocycles. The molecule has 28 heavy (non-hydrogen) atoms. The molecule has 1 aromatic heterocycles. The van der Waals surface area contributed by atoms with Crippen LogP contribution >= 0.6 is 11.3 Å². The summed E-state index contributed by atoms with van der Waals surface area (Å²) in [6.45, 7) is 1.35. The Labute approximate surface area is 168 Å². The first-order chi connectivity index (χ1) is 13.6. The highest BCUT2D eigenvalue weighted by atomic mass is 32.1. The molecule has 0 unspecified atom stereocenters. The molecular weight excluding hydrogens is 374 g/mol. The maximum Gasteiger partial charge on any atom is 0.264 e. The molecule has 0 radical (unpaired) electrons. The zero-order valence-electron chi connectivity index (χ0n) is 15.9. The number of likely N-dealkylation sites (N-methyl/N-ethyl adjacent to an activating group) is 1. The first kappa shape index (κ1) is 19.9. The van der Waals surface area contributed by atoms with Crippen LogP contribution in [0.15, 0.2) is 60.0 Å². The number of thiazole rings is 1. The van der Waals surface area contributed by atoms with Crippen LogP contribution in [-0.2, 0) is 4.79 Å². The summed E-state index contributed by atoms with van der Waals surface area (Å²) in [6, 6.07) is 17.0. The highest BCUT2D eigenvalue weighted by molar-refractivity contribution is 7.14. The third-order valence-electron chi connectivity index (χ3n) is 3.82. The molecule has 7 heteroatoms. The Bertz CT molecular complexity index is 897. The van der Waals surface area contributed by atoms with Crippen molar-refractivity contribution in [2.24, 2.45) is 0 Å². The summed E-state index contributed by atoms with van der Waals surface area (Å²) in [4.78, 5) is 18.7. The van der Waals surface area contributed by atoms with Crippen LogP contribution in [0.5, 0.6) is 11.5 Å². The molecule has 1 heterocycles. The van der Waals surface area contributed by atoms with Crippen molar-refractivity contribution in [3.8, 4) is 22.8 Å². The number of hydrogen-bond acceptors (Lipinski definition) is 6. The Hall–Kier alpha value is -2.90. The summed E-state index contributed by atoms with van der Waals surface area (Å²) < 4.78 is 11.4. The number of carbonyl (C=O) groups is 1. The molecule has 0 saturated heterocycles. The van der Waals surface area contributed by atoms with E-state index in [-0.39, 0.29) is 12.5 Å². The number of nitrogens with one attached hydrogen (secondary N) is 1. The van der Waals surface area contributed by atoms with Crippen molar-refractivity contribution < 1.29 is 14.3 Å². The fraction of sp³-hybridized carbons (Fsp3) is 0.238. The van der Waals surface area contributed by atoms with Gasteiger partial charge in [0.05, 0.1) is 5.69 Å². The van der Waals surface area contributed by atoms with E-state index in [9.17, 15) is 4.79 Å². The number of hydrogen-bond donors (Lipinski definition) is 1. The summed E-state index contributed by atoms with van der Waals surface area (Å²) in [6.07, 6.45) is 0. The van der Waals surface area contributed by atoms with E-state index in [1.807, 2.05) is 74.1 Å². The molecule has 3 rings (SSSR count). The minimum absolute atomic E-state index is 0.0663. The standard InChI is InChI=1S/C21H23N3O3S/c1-24(2)12-13-26-19-11-7-6-10-17(19)18-15-28-21(22-18)23-20(25)14-27-16-8-4-3-5-9-16/h3-11,15H,12-14H2,1-2H3,(H,22,23,25). The molecule has 0 fully saturated rings. The minimum atomic E-state index is -0.250. The second kappa shape index (κ2) is 9.87. The summed E-state index contributed by atoms with van der Waals surface area (Å²) in [5.41, 5.74) is 1.67. The number of anilines is 1. The van der Waals surface area contributed by atoms with Crippen molar-refractivity contribution in [2.75, 3.05) is 39.2 Å². The van der Waals surface area contributed by atoms with Gasteiger partial charge in [0.25, 0.3) is 5.91 Å². The molecule has 3 aromatic rings. The van der Waals surface area contributed by atoms with Crippen molar-refractivity contribution in [2.45, 2.75) is 0 Å². The first-order valence-corrected chi connectivity index (χ1v) is 9.80. The van der Waals surface area contributed by atoms with Crippen LogP contribution in [0.4, 0.5) is 5.13 Å². The van der Waals surface area contributed by atoms with Gasteiger partial charge in [0, 0.05) is 17.5 Å². The van der Waals surface area contributed by atoms with E-state index in [0.29, 0.717) is 17.5 Å². The maximum atomic E-state index is 12.1. The highest BCUT2D eigenvalue weighted by Crippen LogP contribution is 2.32. The minimum Gasteiger partial charge on any atom is -0.492 e. The molecule has 0 atom stereocenters. The number of rotatable bonds is 9. The molecular formula is C21H23N3O3S. The summed E-state index contributed by atoms with van der Waals surface area (Å²) in [5.74, 6) is 1.18. The highest BCUT2D eigenvalue weighted by Gasteiger charge is 2.12. The van der Waals surface area contributed by atoms with Crippen LogP contribution in [0, 0.1) is 0 Å². The predicted octanol–water partition coefficient (Wildman–Crippen LogP) is 3.77. The third-order valence-corrected chi connectivity index (χ3v) is 4.58. The van der Waals surface area contributed by atoms with Crippen molar-refractivity contribution in [3.05, 3.63) is 60.0 Å². The molecule has 1 amide bonds.